The molecule has 94 valence electrons. The quantitative estimate of drug-likeness (QED) is 0.620. The molecule has 0 saturated heterocycles. The van der Waals surface area contributed by atoms with Gasteiger partial charge in [-0.2, -0.15) is 0 Å². The fourth-order valence-corrected chi connectivity index (χ4v) is 1.27. The Labute approximate surface area is 117 Å². The summed E-state index contributed by atoms with van der Waals surface area (Å²) in [5, 5.41) is 0.626. The van der Waals surface area contributed by atoms with Gasteiger partial charge in [0.05, 0.1) is 6.61 Å². The molecule has 0 radical (unpaired) electrons. The van der Waals surface area contributed by atoms with Crippen LogP contribution in [0, 0.1) is 0 Å². The van der Waals surface area contributed by atoms with E-state index < -0.39 is 5.60 Å². The molecule has 5 heteroatoms. The van der Waals surface area contributed by atoms with Crippen molar-refractivity contribution in [3.8, 4) is 5.75 Å². The van der Waals surface area contributed by atoms with E-state index in [1.807, 2.05) is 0 Å². The lowest BCUT2D eigenvalue weighted by Gasteiger charge is -2.23. The zero-order valence-electron chi connectivity index (χ0n) is 9.62. The smallest absolute Gasteiger partial charge is 0.349 e. The standard InChI is InChI=1S/C12H15ClO3.Al.3H/c1-4-15-11(14)12(2,3)16-10-7-5-9(13)6-8-10;;;;/h5-8H,4H2,1-3H3;;;;. The molecule has 0 unspecified atom stereocenters. The summed E-state index contributed by atoms with van der Waals surface area (Å²) < 4.78 is 10.5. The Bertz CT molecular complexity index is 363. The summed E-state index contributed by atoms with van der Waals surface area (Å²) in [6, 6.07) is 6.84. The van der Waals surface area contributed by atoms with Crippen molar-refractivity contribution in [2.45, 2.75) is 26.4 Å². The van der Waals surface area contributed by atoms with Gasteiger partial charge in [-0.25, -0.2) is 4.79 Å². The van der Waals surface area contributed by atoms with Gasteiger partial charge in [0.15, 0.2) is 23.0 Å². The number of carbonyl (C=O) groups excluding carboxylic acids is 1. The Morgan fingerprint density at radius 2 is 1.82 bits per heavy atom. The van der Waals surface area contributed by atoms with E-state index in [4.69, 9.17) is 21.1 Å². The molecule has 0 aliphatic heterocycles. The molecule has 0 aliphatic carbocycles. The predicted molar refractivity (Wildman–Crippen MR) is 72.7 cm³/mol. The number of hydrogen-bond donors (Lipinski definition) is 0. The van der Waals surface area contributed by atoms with Gasteiger partial charge in [-0.3, -0.25) is 0 Å². The zero-order valence-corrected chi connectivity index (χ0v) is 10.4. The van der Waals surface area contributed by atoms with Gasteiger partial charge in [0, 0.05) is 5.02 Å². The molecular weight excluding hydrogens is 255 g/mol. The van der Waals surface area contributed by atoms with E-state index in [0.29, 0.717) is 17.4 Å². The average molecular weight is 273 g/mol. The Morgan fingerprint density at radius 3 is 2.29 bits per heavy atom. The van der Waals surface area contributed by atoms with Crippen molar-refractivity contribution >= 4 is 34.9 Å². The van der Waals surface area contributed by atoms with Crippen LogP contribution in [-0.4, -0.2) is 35.5 Å². The fraction of sp³-hybridized carbons (Fsp3) is 0.417. The van der Waals surface area contributed by atoms with Crippen molar-refractivity contribution in [1.82, 2.24) is 0 Å². The highest BCUT2D eigenvalue weighted by molar-refractivity contribution is 6.30. The molecule has 0 saturated carbocycles. The lowest BCUT2D eigenvalue weighted by atomic mass is 10.1. The Morgan fingerprint density at radius 1 is 1.29 bits per heavy atom. The summed E-state index contributed by atoms with van der Waals surface area (Å²) >= 11 is 5.75. The second kappa shape index (κ2) is 6.91. The molecule has 0 aromatic heterocycles. The minimum atomic E-state index is -0.996. The lowest BCUT2D eigenvalue weighted by molar-refractivity contribution is -0.158. The van der Waals surface area contributed by atoms with E-state index in [9.17, 15) is 4.79 Å². The largest absolute Gasteiger partial charge is 0.476 e. The number of esters is 1. The van der Waals surface area contributed by atoms with Crippen molar-refractivity contribution < 1.29 is 14.3 Å². The van der Waals surface area contributed by atoms with Crippen LogP contribution < -0.4 is 4.74 Å². The van der Waals surface area contributed by atoms with Crippen LogP contribution in [0.2, 0.25) is 5.02 Å². The van der Waals surface area contributed by atoms with Gasteiger partial charge < -0.3 is 9.47 Å². The van der Waals surface area contributed by atoms with Gasteiger partial charge in [0.2, 0.25) is 0 Å². The third-order valence-corrected chi connectivity index (χ3v) is 2.21. The van der Waals surface area contributed by atoms with Crippen molar-refractivity contribution in [2.24, 2.45) is 0 Å². The first-order chi connectivity index (χ1) is 7.45. The van der Waals surface area contributed by atoms with Crippen LogP contribution in [0.15, 0.2) is 24.3 Å². The van der Waals surface area contributed by atoms with Gasteiger partial charge in [-0.1, -0.05) is 11.6 Å². The first-order valence-corrected chi connectivity index (χ1v) is 5.45. The van der Waals surface area contributed by atoms with Gasteiger partial charge >= 0.3 is 5.97 Å². The molecule has 1 aromatic carbocycles. The molecule has 0 bridgehead atoms. The van der Waals surface area contributed by atoms with E-state index in [0.717, 1.165) is 0 Å². The Hall–Kier alpha value is -0.688. The maximum absolute atomic E-state index is 11.6. The van der Waals surface area contributed by atoms with Crippen LogP contribution >= 0.6 is 11.6 Å². The van der Waals surface area contributed by atoms with Gasteiger partial charge in [-0.05, 0) is 45.0 Å². The monoisotopic (exact) mass is 272 g/mol. The van der Waals surface area contributed by atoms with E-state index >= 15 is 0 Å². The van der Waals surface area contributed by atoms with Crippen LogP contribution in [0.25, 0.3) is 0 Å². The number of benzene rings is 1. The van der Waals surface area contributed by atoms with E-state index in [1.165, 1.54) is 0 Å². The molecule has 17 heavy (non-hydrogen) atoms. The first-order valence-electron chi connectivity index (χ1n) is 5.07. The number of hydrogen-bond acceptors (Lipinski definition) is 3. The van der Waals surface area contributed by atoms with Gasteiger partial charge in [0.25, 0.3) is 0 Å². The molecular formula is C12H18AlClO3. The van der Waals surface area contributed by atoms with E-state index in [1.54, 1.807) is 45.0 Å². The van der Waals surface area contributed by atoms with Crippen molar-refractivity contribution in [2.75, 3.05) is 6.61 Å². The fourth-order valence-electron chi connectivity index (χ4n) is 1.14. The highest BCUT2D eigenvalue weighted by atomic mass is 35.5. The van der Waals surface area contributed by atoms with Crippen LogP contribution in [0.4, 0.5) is 0 Å². The topological polar surface area (TPSA) is 35.5 Å². The molecule has 0 aliphatic rings. The van der Waals surface area contributed by atoms with Crippen LogP contribution in [0.3, 0.4) is 0 Å². The highest BCUT2D eigenvalue weighted by Gasteiger charge is 2.31. The molecule has 0 amide bonds. The number of halogens is 1. The summed E-state index contributed by atoms with van der Waals surface area (Å²) in [5.41, 5.74) is -0.996. The Balaban J connectivity index is 0.00000256. The summed E-state index contributed by atoms with van der Waals surface area (Å²) in [4.78, 5) is 11.6. The van der Waals surface area contributed by atoms with Crippen molar-refractivity contribution in [3.05, 3.63) is 29.3 Å². The summed E-state index contributed by atoms with van der Waals surface area (Å²) in [6.07, 6.45) is 0. The van der Waals surface area contributed by atoms with Gasteiger partial charge in [0.1, 0.15) is 5.75 Å². The summed E-state index contributed by atoms with van der Waals surface area (Å²) in [5.74, 6) is 0.201. The molecule has 0 atom stereocenters. The van der Waals surface area contributed by atoms with Crippen LogP contribution in [-0.2, 0) is 9.53 Å². The molecule has 1 rings (SSSR count). The predicted octanol–water partition coefficient (Wildman–Crippen LogP) is 1.88. The van der Waals surface area contributed by atoms with E-state index in [-0.39, 0.29) is 23.3 Å². The summed E-state index contributed by atoms with van der Waals surface area (Å²) in [6.45, 7) is 5.43. The minimum absolute atomic E-state index is 0. The van der Waals surface area contributed by atoms with Crippen molar-refractivity contribution in [1.29, 1.82) is 0 Å². The normalized spacial score (nSPS) is 10.4. The zero-order chi connectivity index (χ0) is 12.2. The molecule has 0 heterocycles. The summed E-state index contributed by atoms with van der Waals surface area (Å²) in [7, 11) is 0. The molecule has 0 N–H and O–H groups in total. The second-order valence-electron chi connectivity index (χ2n) is 3.79. The molecule has 0 spiro atoms. The highest BCUT2D eigenvalue weighted by Crippen LogP contribution is 2.21. The third-order valence-electron chi connectivity index (χ3n) is 1.95. The molecule has 1 aromatic rings. The van der Waals surface area contributed by atoms with Crippen LogP contribution in [0.1, 0.15) is 20.8 Å². The Kier molecular flexibility index (Phi) is 6.63. The molecule has 0 fully saturated rings. The lowest BCUT2D eigenvalue weighted by Crippen LogP contribution is -2.39. The number of ether oxygens (including phenoxy) is 2. The molecule has 3 nitrogen and oxygen atoms in total. The average Bonchev–Trinajstić information content (AvgIpc) is 2.21. The van der Waals surface area contributed by atoms with Crippen molar-refractivity contribution in [3.63, 3.8) is 0 Å². The van der Waals surface area contributed by atoms with E-state index in [2.05, 4.69) is 0 Å². The van der Waals surface area contributed by atoms with Crippen LogP contribution in [0.5, 0.6) is 5.75 Å². The van der Waals surface area contributed by atoms with Gasteiger partial charge in [-0.15, -0.1) is 0 Å². The maximum atomic E-state index is 11.6. The maximum Gasteiger partial charge on any atom is 0.349 e. The SMILES string of the molecule is CCOC(=O)C(C)(C)Oc1ccc(Cl)cc1.[AlH3]. The number of carbonyl (C=O) groups is 1. The first kappa shape index (κ1) is 16.3. The number of rotatable bonds is 4. The second-order valence-corrected chi connectivity index (χ2v) is 4.22. The third kappa shape index (κ3) is 4.99. The minimum Gasteiger partial charge on any atom is -0.476 e.